The number of aryl methyl sites for hydroxylation is 1. The summed E-state index contributed by atoms with van der Waals surface area (Å²) in [6, 6.07) is 0. The third-order valence-electron chi connectivity index (χ3n) is 2.09. The van der Waals surface area contributed by atoms with Crippen molar-refractivity contribution in [2.45, 2.75) is 19.4 Å². The molecule has 1 aromatic heterocycles. The molecular weight excluding hydrogens is 196 g/mol. The molecule has 1 N–H and O–H groups in total. The number of methoxy groups -OCH3 is 1. The molecule has 0 aliphatic rings. The number of hydrogen-bond donors (Lipinski definition) is 1. The van der Waals surface area contributed by atoms with Gasteiger partial charge in [0.05, 0.1) is 13.2 Å². The number of imidazole rings is 1. The fraction of sp³-hybridized carbons (Fsp3) is 0.700. The largest absolute Gasteiger partial charge is 0.382 e. The number of aromatic amines is 1. The van der Waals surface area contributed by atoms with Gasteiger partial charge in [-0.3, -0.25) is 4.57 Å². The molecule has 0 saturated carbocycles. The average Bonchev–Trinajstić information content (AvgIpc) is 2.63. The number of rotatable bonds is 8. The first-order valence-corrected chi connectivity index (χ1v) is 5.15. The Morgan fingerprint density at radius 1 is 1.33 bits per heavy atom. The lowest BCUT2D eigenvalue weighted by Gasteiger charge is -2.03. The van der Waals surface area contributed by atoms with Gasteiger partial charge < -0.3 is 14.5 Å². The maximum Gasteiger partial charge on any atom is 0.325 e. The number of nitrogens with zero attached hydrogens (tertiary/aromatic N) is 1. The van der Waals surface area contributed by atoms with Crippen LogP contribution < -0.4 is 5.69 Å². The lowest BCUT2D eigenvalue weighted by Crippen LogP contribution is -2.16. The van der Waals surface area contributed by atoms with E-state index in [4.69, 9.17) is 9.47 Å². The summed E-state index contributed by atoms with van der Waals surface area (Å²) in [4.78, 5) is 13.7. The molecule has 0 saturated heterocycles. The Morgan fingerprint density at radius 2 is 2.20 bits per heavy atom. The molecule has 0 aliphatic carbocycles. The number of ether oxygens (including phenoxy) is 2. The SMILES string of the molecule is COCCOCCCCn1cc[nH]c1=O. The smallest absolute Gasteiger partial charge is 0.325 e. The van der Waals surface area contributed by atoms with Gasteiger partial charge in [0.2, 0.25) is 0 Å². The molecule has 0 radical (unpaired) electrons. The third-order valence-corrected chi connectivity index (χ3v) is 2.09. The summed E-state index contributed by atoms with van der Waals surface area (Å²) in [7, 11) is 1.65. The van der Waals surface area contributed by atoms with E-state index in [1.165, 1.54) is 0 Å². The van der Waals surface area contributed by atoms with Gasteiger partial charge >= 0.3 is 5.69 Å². The molecule has 0 unspecified atom stereocenters. The number of aromatic nitrogens is 2. The monoisotopic (exact) mass is 214 g/mol. The van der Waals surface area contributed by atoms with Gasteiger partial charge in [0.1, 0.15) is 0 Å². The zero-order chi connectivity index (χ0) is 10.9. The Balaban J connectivity index is 1.98. The second kappa shape index (κ2) is 7.25. The van der Waals surface area contributed by atoms with Crippen LogP contribution in [0.25, 0.3) is 0 Å². The van der Waals surface area contributed by atoms with Crippen LogP contribution in [0.4, 0.5) is 0 Å². The fourth-order valence-electron chi connectivity index (χ4n) is 1.26. The van der Waals surface area contributed by atoms with Crippen LogP contribution in [0.3, 0.4) is 0 Å². The Hall–Kier alpha value is -1.07. The van der Waals surface area contributed by atoms with Gasteiger partial charge in [0.15, 0.2) is 0 Å². The first kappa shape index (κ1) is 12.0. The summed E-state index contributed by atoms with van der Waals surface area (Å²) in [5.74, 6) is 0. The molecule has 1 rings (SSSR count). The number of unbranched alkanes of at least 4 members (excludes halogenated alkanes) is 1. The normalized spacial score (nSPS) is 10.7. The minimum absolute atomic E-state index is 0.0460. The molecule has 0 spiro atoms. The van der Waals surface area contributed by atoms with Crippen molar-refractivity contribution in [1.29, 1.82) is 0 Å². The minimum atomic E-state index is -0.0460. The van der Waals surface area contributed by atoms with Crippen molar-refractivity contribution in [3.8, 4) is 0 Å². The molecule has 0 fully saturated rings. The Bertz CT molecular complexity index is 306. The molecule has 0 aromatic carbocycles. The van der Waals surface area contributed by atoms with E-state index in [0.29, 0.717) is 13.2 Å². The maximum atomic E-state index is 11.1. The maximum absolute atomic E-state index is 11.1. The Morgan fingerprint density at radius 3 is 2.87 bits per heavy atom. The van der Waals surface area contributed by atoms with Gasteiger partial charge in [-0.25, -0.2) is 4.79 Å². The fourth-order valence-corrected chi connectivity index (χ4v) is 1.26. The lowest BCUT2D eigenvalue weighted by molar-refractivity contribution is 0.0684. The summed E-state index contributed by atoms with van der Waals surface area (Å²) in [5.41, 5.74) is -0.0460. The molecule has 86 valence electrons. The highest BCUT2D eigenvalue weighted by Gasteiger charge is 1.95. The number of H-pyrrole nitrogens is 1. The minimum Gasteiger partial charge on any atom is -0.382 e. The summed E-state index contributed by atoms with van der Waals surface area (Å²) in [5, 5.41) is 0. The van der Waals surface area contributed by atoms with Crippen LogP contribution in [0.2, 0.25) is 0 Å². The van der Waals surface area contributed by atoms with Gasteiger partial charge in [-0.2, -0.15) is 0 Å². The second-order valence-electron chi connectivity index (χ2n) is 3.27. The van der Waals surface area contributed by atoms with E-state index in [2.05, 4.69) is 4.98 Å². The molecule has 5 heteroatoms. The molecule has 0 atom stereocenters. The summed E-state index contributed by atoms with van der Waals surface area (Å²) in [6.45, 7) is 2.75. The zero-order valence-electron chi connectivity index (χ0n) is 9.07. The predicted molar refractivity (Wildman–Crippen MR) is 57.0 cm³/mol. The summed E-state index contributed by atoms with van der Waals surface area (Å²) in [6.07, 6.45) is 5.32. The van der Waals surface area contributed by atoms with Gasteiger partial charge in [-0.1, -0.05) is 0 Å². The Labute approximate surface area is 89.0 Å². The van der Waals surface area contributed by atoms with Crippen molar-refractivity contribution in [3.63, 3.8) is 0 Å². The standard InChI is InChI=1S/C10H18N2O3/c1-14-8-9-15-7-3-2-5-12-6-4-11-10(12)13/h4,6H,2-3,5,7-9H2,1H3,(H,11,13). The molecule has 15 heavy (non-hydrogen) atoms. The average molecular weight is 214 g/mol. The van der Waals surface area contributed by atoms with Crippen LogP contribution in [0.5, 0.6) is 0 Å². The molecule has 5 nitrogen and oxygen atoms in total. The van der Waals surface area contributed by atoms with Crippen LogP contribution in [0.1, 0.15) is 12.8 Å². The van der Waals surface area contributed by atoms with Crippen LogP contribution in [-0.2, 0) is 16.0 Å². The van der Waals surface area contributed by atoms with Gasteiger partial charge in [0.25, 0.3) is 0 Å². The highest BCUT2D eigenvalue weighted by molar-refractivity contribution is 4.75. The van der Waals surface area contributed by atoms with Gasteiger partial charge in [-0.05, 0) is 12.8 Å². The van der Waals surface area contributed by atoms with E-state index in [9.17, 15) is 4.79 Å². The van der Waals surface area contributed by atoms with Gasteiger partial charge in [-0.15, -0.1) is 0 Å². The second-order valence-corrected chi connectivity index (χ2v) is 3.27. The zero-order valence-corrected chi connectivity index (χ0v) is 9.07. The molecule has 1 heterocycles. The predicted octanol–water partition coefficient (Wildman–Crippen LogP) is 0.620. The van der Waals surface area contributed by atoms with Crippen molar-refractivity contribution in [2.24, 2.45) is 0 Å². The van der Waals surface area contributed by atoms with Crippen LogP contribution >= 0.6 is 0 Å². The number of hydrogen-bond acceptors (Lipinski definition) is 3. The summed E-state index contributed by atoms with van der Waals surface area (Å²) >= 11 is 0. The van der Waals surface area contributed by atoms with Crippen molar-refractivity contribution in [3.05, 3.63) is 22.9 Å². The first-order valence-electron chi connectivity index (χ1n) is 5.15. The van der Waals surface area contributed by atoms with Crippen molar-refractivity contribution < 1.29 is 9.47 Å². The van der Waals surface area contributed by atoms with E-state index in [0.717, 1.165) is 26.0 Å². The van der Waals surface area contributed by atoms with Crippen molar-refractivity contribution >= 4 is 0 Å². The Kier molecular flexibility index (Phi) is 5.80. The topological polar surface area (TPSA) is 56.2 Å². The molecule has 0 amide bonds. The van der Waals surface area contributed by atoms with E-state index in [1.807, 2.05) is 0 Å². The molecule has 1 aromatic rings. The molecule has 0 aliphatic heterocycles. The van der Waals surface area contributed by atoms with Crippen LogP contribution in [0.15, 0.2) is 17.2 Å². The van der Waals surface area contributed by atoms with Crippen molar-refractivity contribution in [2.75, 3.05) is 26.9 Å². The lowest BCUT2D eigenvalue weighted by atomic mass is 10.3. The molecule has 0 bridgehead atoms. The molecular formula is C10H18N2O3. The number of nitrogens with one attached hydrogen (secondary N) is 1. The van der Waals surface area contributed by atoms with Crippen LogP contribution in [-0.4, -0.2) is 36.5 Å². The highest BCUT2D eigenvalue weighted by Crippen LogP contribution is 1.93. The van der Waals surface area contributed by atoms with Crippen molar-refractivity contribution in [1.82, 2.24) is 9.55 Å². The highest BCUT2D eigenvalue weighted by atomic mass is 16.5. The first-order chi connectivity index (χ1) is 7.34. The van der Waals surface area contributed by atoms with E-state index < -0.39 is 0 Å². The summed E-state index contributed by atoms with van der Waals surface area (Å²) < 4.78 is 11.8. The van der Waals surface area contributed by atoms with E-state index in [-0.39, 0.29) is 5.69 Å². The van der Waals surface area contributed by atoms with E-state index >= 15 is 0 Å². The van der Waals surface area contributed by atoms with E-state index in [1.54, 1.807) is 24.1 Å². The van der Waals surface area contributed by atoms with Gasteiger partial charge in [0, 0.05) is 32.7 Å². The quantitative estimate of drug-likeness (QED) is 0.645. The van der Waals surface area contributed by atoms with Crippen LogP contribution in [0, 0.1) is 0 Å². The third kappa shape index (κ3) is 4.80.